The van der Waals surface area contributed by atoms with Gasteiger partial charge in [0.05, 0.1) is 5.52 Å². The molecule has 0 fully saturated rings. The molecule has 2 aromatic rings. The van der Waals surface area contributed by atoms with Crippen molar-refractivity contribution in [2.75, 3.05) is 11.9 Å². The maximum absolute atomic E-state index is 4.17. The molecule has 3 heterocycles. The summed E-state index contributed by atoms with van der Waals surface area (Å²) in [5, 5.41) is 3.24. The number of aromatic nitrogens is 3. The quantitative estimate of drug-likeness (QED) is 0.621. The molecule has 0 amide bonds. The number of nitrogens with zero attached hydrogens (tertiary/aromatic N) is 3. The van der Waals surface area contributed by atoms with E-state index in [0.717, 1.165) is 29.9 Å². The van der Waals surface area contributed by atoms with Gasteiger partial charge in [-0.05, 0) is 6.07 Å². The van der Waals surface area contributed by atoms with Crippen LogP contribution in [0.5, 0.6) is 0 Å². The largest absolute Gasteiger partial charge is 0.366 e. The van der Waals surface area contributed by atoms with Crippen molar-refractivity contribution in [3.63, 3.8) is 0 Å². The number of hydrogen-bond donors (Lipinski definition) is 1. The summed E-state index contributed by atoms with van der Waals surface area (Å²) < 4.78 is 2.18. The van der Waals surface area contributed by atoms with Crippen molar-refractivity contribution in [1.82, 2.24) is 14.5 Å². The highest BCUT2D eigenvalue weighted by Gasteiger charge is 2.12. The van der Waals surface area contributed by atoms with Gasteiger partial charge in [0.1, 0.15) is 11.8 Å². The van der Waals surface area contributed by atoms with Crippen molar-refractivity contribution in [1.29, 1.82) is 0 Å². The van der Waals surface area contributed by atoms with Crippen molar-refractivity contribution in [3.05, 3.63) is 18.6 Å². The number of hydrogen-bond acceptors (Lipinski definition) is 3. The van der Waals surface area contributed by atoms with E-state index in [1.165, 1.54) is 0 Å². The Hall–Kier alpha value is -1.58. The molecule has 1 aliphatic rings. The molecule has 4 heteroatoms. The molecular weight excluding hydrogens is 152 g/mol. The molecule has 4 nitrogen and oxygen atoms in total. The lowest BCUT2D eigenvalue weighted by Crippen LogP contribution is -2.17. The summed E-state index contributed by atoms with van der Waals surface area (Å²) in [6, 6.07) is 2.02. The number of nitrogens with one attached hydrogen (secondary N) is 1. The lowest BCUT2D eigenvalue weighted by molar-refractivity contribution is 0.735. The normalized spacial score (nSPS) is 14.7. The third-order valence-corrected chi connectivity index (χ3v) is 2.20. The van der Waals surface area contributed by atoms with Crippen LogP contribution >= 0.6 is 0 Å². The smallest absolute Gasteiger partial charge is 0.154 e. The van der Waals surface area contributed by atoms with Crippen molar-refractivity contribution < 1.29 is 0 Å². The maximum Gasteiger partial charge on any atom is 0.154 e. The molecular formula is C8H8N4. The topological polar surface area (TPSA) is 42.7 Å². The molecule has 2 aromatic heterocycles. The van der Waals surface area contributed by atoms with Crippen LogP contribution in [-0.4, -0.2) is 21.1 Å². The van der Waals surface area contributed by atoms with Crippen LogP contribution in [0.4, 0.5) is 5.82 Å². The van der Waals surface area contributed by atoms with Crippen molar-refractivity contribution in [2.45, 2.75) is 6.54 Å². The van der Waals surface area contributed by atoms with Crippen LogP contribution in [0.15, 0.2) is 18.6 Å². The van der Waals surface area contributed by atoms with E-state index >= 15 is 0 Å². The fourth-order valence-electron chi connectivity index (χ4n) is 1.64. The molecule has 1 aliphatic heterocycles. The first kappa shape index (κ1) is 5.99. The van der Waals surface area contributed by atoms with Gasteiger partial charge in [-0.1, -0.05) is 0 Å². The Kier molecular flexibility index (Phi) is 0.983. The van der Waals surface area contributed by atoms with Crippen molar-refractivity contribution >= 4 is 16.9 Å². The summed E-state index contributed by atoms with van der Waals surface area (Å²) in [6.07, 6.45) is 3.66. The van der Waals surface area contributed by atoms with Crippen molar-refractivity contribution in [2.24, 2.45) is 0 Å². The highest BCUT2D eigenvalue weighted by Crippen LogP contribution is 2.22. The van der Waals surface area contributed by atoms with Gasteiger partial charge in [0, 0.05) is 19.3 Å². The van der Waals surface area contributed by atoms with Crippen LogP contribution in [-0.2, 0) is 6.54 Å². The van der Waals surface area contributed by atoms with E-state index in [-0.39, 0.29) is 0 Å². The van der Waals surface area contributed by atoms with Crippen LogP contribution in [0.2, 0.25) is 0 Å². The van der Waals surface area contributed by atoms with E-state index in [4.69, 9.17) is 0 Å². The highest BCUT2D eigenvalue weighted by atomic mass is 15.1. The number of anilines is 1. The van der Waals surface area contributed by atoms with E-state index in [0.29, 0.717) is 0 Å². The molecule has 0 saturated carbocycles. The lowest BCUT2D eigenvalue weighted by Gasteiger charge is -2.15. The summed E-state index contributed by atoms with van der Waals surface area (Å²) in [4.78, 5) is 8.34. The Morgan fingerprint density at radius 2 is 2.42 bits per heavy atom. The zero-order valence-electron chi connectivity index (χ0n) is 6.49. The number of rotatable bonds is 0. The maximum atomic E-state index is 4.17. The molecule has 0 unspecified atom stereocenters. The van der Waals surface area contributed by atoms with Gasteiger partial charge in [-0.15, -0.1) is 0 Å². The minimum Gasteiger partial charge on any atom is -0.366 e. The Morgan fingerprint density at radius 3 is 3.42 bits per heavy atom. The second kappa shape index (κ2) is 1.97. The van der Waals surface area contributed by atoms with Crippen LogP contribution < -0.4 is 5.32 Å². The van der Waals surface area contributed by atoms with E-state index in [1.54, 1.807) is 6.33 Å². The summed E-state index contributed by atoms with van der Waals surface area (Å²) in [7, 11) is 0. The van der Waals surface area contributed by atoms with Gasteiger partial charge in [-0.25, -0.2) is 9.97 Å². The van der Waals surface area contributed by atoms with Gasteiger partial charge in [0.2, 0.25) is 0 Å². The lowest BCUT2D eigenvalue weighted by atomic mass is 10.4. The predicted octanol–water partition coefficient (Wildman–Crippen LogP) is 0.857. The van der Waals surface area contributed by atoms with Gasteiger partial charge in [0.25, 0.3) is 0 Å². The minimum atomic E-state index is 0.952. The molecule has 3 rings (SSSR count). The Labute approximate surface area is 69.2 Å². The van der Waals surface area contributed by atoms with Gasteiger partial charge in [-0.3, -0.25) is 0 Å². The molecule has 0 atom stereocenters. The molecule has 0 saturated heterocycles. The first-order valence-corrected chi connectivity index (χ1v) is 3.99. The van der Waals surface area contributed by atoms with E-state index in [1.807, 2.05) is 6.07 Å². The average molecular weight is 160 g/mol. The standard InChI is InChI=1S/C8H8N4/c1-3-12-4-2-9-8-7(12)6(1)10-5-11-8/h1,3,5H,2,4H2,(H,9,10,11). The van der Waals surface area contributed by atoms with E-state index in [9.17, 15) is 0 Å². The van der Waals surface area contributed by atoms with E-state index < -0.39 is 0 Å². The fourth-order valence-corrected chi connectivity index (χ4v) is 1.64. The molecule has 0 radical (unpaired) electrons. The zero-order chi connectivity index (χ0) is 7.97. The van der Waals surface area contributed by atoms with Crippen LogP contribution in [0.3, 0.4) is 0 Å². The van der Waals surface area contributed by atoms with Gasteiger partial charge in [-0.2, -0.15) is 0 Å². The fraction of sp³-hybridized carbons (Fsp3) is 0.250. The van der Waals surface area contributed by atoms with Gasteiger partial charge < -0.3 is 9.88 Å². The SMILES string of the molecule is c1nc2c3c(ccn3CCN2)n1. The van der Waals surface area contributed by atoms with Crippen LogP contribution in [0.1, 0.15) is 0 Å². The predicted molar refractivity (Wildman–Crippen MR) is 46.0 cm³/mol. The summed E-state index contributed by atoms with van der Waals surface area (Å²) in [5.74, 6) is 0.955. The van der Waals surface area contributed by atoms with Gasteiger partial charge in [0.15, 0.2) is 5.82 Å². The zero-order valence-corrected chi connectivity index (χ0v) is 6.49. The first-order chi connectivity index (χ1) is 5.95. The molecule has 0 aromatic carbocycles. The molecule has 0 spiro atoms. The Balaban J connectivity index is 2.50. The summed E-state index contributed by atoms with van der Waals surface area (Å²) >= 11 is 0. The van der Waals surface area contributed by atoms with Crippen LogP contribution in [0, 0.1) is 0 Å². The summed E-state index contributed by atoms with van der Waals surface area (Å²) in [5.41, 5.74) is 2.15. The molecule has 0 aliphatic carbocycles. The highest BCUT2D eigenvalue weighted by molar-refractivity contribution is 5.86. The average Bonchev–Trinajstić information content (AvgIpc) is 2.52. The molecule has 60 valence electrons. The second-order valence-electron chi connectivity index (χ2n) is 2.89. The van der Waals surface area contributed by atoms with Crippen LogP contribution in [0.25, 0.3) is 11.0 Å². The van der Waals surface area contributed by atoms with Gasteiger partial charge >= 0.3 is 0 Å². The third-order valence-electron chi connectivity index (χ3n) is 2.20. The van der Waals surface area contributed by atoms with Crippen molar-refractivity contribution in [3.8, 4) is 0 Å². The Morgan fingerprint density at radius 1 is 1.42 bits per heavy atom. The second-order valence-corrected chi connectivity index (χ2v) is 2.89. The molecule has 1 N–H and O–H groups in total. The first-order valence-electron chi connectivity index (χ1n) is 3.99. The summed E-state index contributed by atoms with van der Waals surface area (Å²) in [6.45, 7) is 1.96. The Bertz CT molecular complexity index is 432. The molecule has 0 bridgehead atoms. The minimum absolute atomic E-state index is 0.952. The molecule has 12 heavy (non-hydrogen) atoms. The third kappa shape index (κ3) is 0.617. The van der Waals surface area contributed by atoms with E-state index in [2.05, 4.69) is 26.0 Å². The monoisotopic (exact) mass is 160 g/mol.